The molecule has 4 aromatic rings. The van der Waals surface area contributed by atoms with Crippen molar-refractivity contribution in [3.63, 3.8) is 0 Å². The second kappa shape index (κ2) is 4.61. The highest BCUT2D eigenvalue weighted by Crippen LogP contribution is 2.11. The standard InChI is InChI=1S/C15H8N2O2S2/c18-13-10-5-1-2-6-11(10)16-15-17(13)14(19)12(21-15)8-9-4-3-7-20-9/h1-8H/b12-8+. The number of thiazole rings is 1. The van der Waals surface area contributed by atoms with E-state index in [0.29, 0.717) is 20.4 Å². The van der Waals surface area contributed by atoms with Gasteiger partial charge in [0, 0.05) is 4.88 Å². The van der Waals surface area contributed by atoms with Crippen molar-refractivity contribution in [1.82, 2.24) is 9.38 Å². The Labute approximate surface area is 126 Å². The Kier molecular flexibility index (Phi) is 2.73. The van der Waals surface area contributed by atoms with Crippen LogP contribution in [0.4, 0.5) is 0 Å². The zero-order valence-electron chi connectivity index (χ0n) is 10.6. The SMILES string of the molecule is O=c1/c(=C\c2cccs2)sc2nc3ccccc3c(=O)n12. The molecular formula is C15H8N2O2S2. The molecule has 0 saturated carbocycles. The van der Waals surface area contributed by atoms with Gasteiger partial charge in [0.2, 0.25) is 4.96 Å². The highest BCUT2D eigenvalue weighted by atomic mass is 32.1. The summed E-state index contributed by atoms with van der Waals surface area (Å²) < 4.78 is 1.68. The lowest BCUT2D eigenvalue weighted by molar-refractivity contribution is 1.05. The quantitative estimate of drug-likeness (QED) is 0.539. The Morgan fingerprint density at radius 1 is 1.05 bits per heavy atom. The van der Waals surface area contributed by atoms with Gasteiger partial charge in [0.25, 0.3) is 11.1 Å². The molecule has 3 heterocycles. The van der Waals surface area contributed by atoms with Crippen molar-refractivity contribution in [2.75, 3.05) is 0 Å². The molecule has 0 amide bonds. The van der Waals surface area contributed by atoms with Crippen molar-refractivity contribution in [2.45, 2.75) is 0 Å². The molecule has 0 aliphatic heterocycles. The highest BCUT2D eigenvalue weighted by Gasteiger charge is 2.10. The van der Waals surface area contributed by atoms with E-state index < -0.39 is 0 Å². The third kappa shape index (κ3) is 1.91. The molecule has 6 heteroatoms. The van der Waals surface area contributed by atoms with Crippen LogP contribution in [0.15, 0.2) is 51.4 Å². The van der Waals surface area contributed by atoms with E-state index >= 15 is 0 Å². The normalized spacial score (nSPS) is 12.5. The first-order valence-corrected chi connectivity index (χ1v) is 7.93. The van der Waals surface area contributed by atoms with Gasteiger partial charge in [-0.3, -0.25) is 9.59 Å². The number of nitrogens with zero attached hydrogens (tertiary/aromatic N) is 2. The number of fused-ring (bicyclic) bond motifs is 2. The number of benzene rings is 1. The van der Waals surface area contributed by atoms with Crippen molar-refractivity contribution in [3.05, 3.63) is 71.9 Å². The Morgan fingerprint density at radius 3 is 2.71 bits per heavy atom. The van der Waals surface area contributed by atoms with E-state index in [1.54, 1.807) is 35.6 Å². The van der Waals surface area contributed by atoms with Crippen LogP contribution in [-0.4, -0.2) is 9.38 Å². The van der Waals surface area contributed by atoms with Gasteiger partial charge in [-0.25, -0.2) is 9.38 Å². The summed E-state index contributed by atoms with van der Waals surface area (Å²) in [6.45, 7) is 0. The fraction of sp³-hybridized carbons (Fsp3) is 0. The molecule has 0 radical (unpaired) electrons. The molecule has 0 aliphatic rings. The molecule has 0 atom stereocenters. The van der Waals surface area contributed by atoms with Crippen molar-refractivity contribution >= 4 is 44.6 Å². The number of thiophene rings is 1. The minimum atomic E-state index is -0.303. The maximum Gasteiger partial charge on any atom is 0.277 e. The van der Waals surface area contributed by atoms with E-state index in [0.717, 1.165) is 9.28 Å². The Bertz CT molecular complexity index is 1120. The second-order valence-corrected chi connectivity index (χ2v) is 6.47. The van der Waals surface area contributed by atoms with Gasteiger partial charge >= 0.3 is 0 Å². The van der Waals surface area contributed by atoms with E-state index in [-0.39, 0.29) is 11.1 Å². The third-order valence-corrected chi connectivity index (χ3v) is 4.96. The van der Waals surface area contributed by atoms with Crippen LogP contribution in [0.5, 0.6) is 0 Å². The summed E-state index contributed by atoms with van der Waals surface area (Å²) >= 11 is 2.79. The minimum absolute atomic E-state index is 0.299. The Balaban J connectivity index is 2.16. The molecule has 0 saturated heterocycles. The lowest BCUT2D eigenvalue weighted by atomic mass is 10.2. The van der Waals surface area contributed by atoms with Crippen LogP contribution in [0.3, 0.4) is 0 Å². The van der Waals surface area contributed by atoms with Gasteiger partial charge in [-0.15, -0.1) is 11.3 Å². The van der Waals surface area contributed by atoms with E-state index in [2.05, 4.69) is 4.98 Å². The summed E-state index contributed by atoms with van der Waals surface area (Å²) in [5, 5.41) is 2.41. The molecule has 0 N–H and O–H groups in total. The van der Waals surface area contributed by atoms with Gasteiger partial charge < -0.3 is 0 Å². The average Bonchev–Trinajstić information content (AvgIpc) is 3.09. The van der Waals surface area contributed by atoms with Crippen LogP contribution in [0.2, 0.25) is 0 Å². The fourth-order valence-corrected chi connectivity index (χ4v) is 3.90. The van der Waals surface area contributed by atoms with Crippen molar-refractivity contribution < 1.29 is 0 Å². The van der Waals surface area contributed by atoms with E-state index in [1.165, 1.54) is 11.3 Å². The summed E-state index contributed by atoms with van der Waals surface area (Å²) in [5.41, 5.74) is 0.0146. The van der Waals surface area contributed by atoms with E-state index in [9.17, 15) is 9.59 Å². The average molecular weight is 312 g/mol. The predicted octanol–water partition coefficient (Wildman–Crippen LogP) is 1.88. The molecule has 0 spiro atoms. The first kappa shape index (κ1) is 12.4. The Hall–Kier alpha value is -2.31. The minimum Gasteiger partial charge on any atom is -0.268 e. The Morgan fingerprint density at radius 2 is 1.90 bits per heavy atom. The molecule has 0 aliphatic carbocycles. The monoisotopic (exact) mass is 312 g/mol. The van der Waals surface area contributed by atoms with Crippen molar-refractivity contribution in [3.8, 4) is 0 Å². The largest absolute Gasteiger partial charge is 0.277 e. The van der Waals surface area contributed by atoms with Crippen LogP contribution >= 0.6 is 22.7 Å². The van der Waals surface area contributed by atoms with Gasteiger partial charge in [0.1, 0.15) is 0 Å². The van der Waals surface area contributed by atoms with Gasteiger partial charge in [0.15, 0.2) is 0 Å². The molecule has 0 bridgehead atoms. The van der Waals surface area contributed by atoms with E-state index in [1.807, 2.05) is 23.6 Å². The molecule has 3 aromatic heterocycles. The highest BCUT2D eigenvalue weighted by molar-refractivity contribution is 7.15. The van der Waals surface area contributed by atoms with E-state index in [4.69, 9.17) is 0 Å². The van der Waals surface area contributed by atoms with Crippen molar-refractivity contribution in [2.24, 2.45) is 0 Å². The number of hydrogen-bond donors (Lipinski definition) is 0. The van der Waals surface area contributed by atoms with Crippen molar-refractivity contribution in [1.29, 1.82) is 0 Å². The first-order valence-electron chi connectivity index (χ1n) is 6.23. The molecule has 4 rings (SSSR count). The zero-order valence-corrected chi connectivity index (χ0v) is 12.3. The summed E-state index contributed by atoms with van der Waals surface area (Å²) in [7, 11) is 0. The lowest BCUT2D eigenvalue weighted by Gasteiger charge is -1.95. The first-order chi connectivity index (χ1) is 10.2. The van der Waals surface area contributed by atoms with Crippen LogP contribution in [0, 0.1) is 0 Å². The molecule has 21 heavy (non-hydrogen) atoms. The van der Waals surface area contributed by atoms with Gasteiger partial charge in [-0.05, 0) is 29.7 Å². The van der Waals surface area contributed by atoms with Gasteiger partial charge in [-0.1, -0.05) is 29.5 Å². The van der Waals surface area contributed by atoms with Gasteiger partial charge in [-0.2, -0.15) is 0 Å². The predicted molar refractivity (Wildman–Crippen MR) is 86.2 cm³/mol. The summed E-state index contributed by atoms with van der Waals surface area (Å²) in [4.78, 5) is 30.7. The van der Waals surface area contributed by atoms with Crippen LogP contribution in [0.25, 0.3) is 21.9 Å². The number of aromatic nitrogens is 2. The second-order valence-electron chi connectivity index (χ2n) is 4.48. The van der Waals surface area contributed by atoms with Crippen LogP contribution < -0.4 is 15.7 Å². The van der Waals surface area contributed by atoms with Crippen LogP contribution in [0.1, 0.15) is 4.88 Å². The maximum absolute atomic E-state index is 12.4. The number of para-hydroxylation sites is 1. The van der Waals surface area contributed by atoms with Gasteiger partial charge in [0.05, 0.1) is 15.4 Å². The molecule has 0 fully saturated rings. The summed E-state index contributed by atoms with van der Waals surface area (Å²) in [6.07, 6.45) is 1.80. The van der Waals surface area contributed by atoms with Crippen LogP contribution in [-0.2, 0) is 0 Å². The summed E-state index contributed by atoms with van der Waals surface area (Å²) in [5.74, 6) is 0. The maximum atomic E-state index is 12.4. The molecule has 4 nitrogen and oxygen atoms in total. The molecule has 0 unspecified atom stereocenters. The topological polar surface area (TPSA) is 51.4 Å². The molecular weight excluding hydrogens is 304 g/mol. The fourth-order valence-electron chi connectivity index (χ4n) is 2.21. The number of rotatable bonds is 1. The smallest absolute Gasteiger partial charge is 0.268 e. The molecule has 102 valence electrons. The number of hydrogen-bond acceptors (Lipinski definition) is 5. The lowest BCUT2D eigenvalue weighted by Crippen LogP contribution is -2.30. The third-order valence-electron chi connectivity index (χ3n) is 3.18. The zero-order chi connectivity index (χ0) is 14.4. The molecule has 1 aromatic carbocycles. The summed E-state index contributed by atoms with van der Waals surface area (Å²) in [6, 6.07) is 10.9.